The molecule has 0 bridgehead atoms. The maximum Gasteiger partial charge on any atom is 0.225 e. The van der Waals surface area contributed by atoms with Gasteiger partial charge in [0.2, 0.25) is 15.9 Å². The van der Waals surface area contributed by atoms with Crippen LogP contribution in [0.5, 0.6) is 0 Å². The molecule has 21 heavy (non-hydrogen) atoms. The van der Waals surface area contributed by atoms with E-state index in [2.05, 4.69) is 27.8 Å². The normalized spacial score (nSPS) is 11.4. The van der Waals surface area contributed by atoms with Crippen LogP contribution in [-0.2, 0) is 14.8 Å². The van der Waals surface area contributed by atoms with Gasteiger partial charge in [0.05, 0.1) is 6.26 Å². The number of sulfonamides is 1. The number of anilines is 1. The van der Waals surface area contributed by atoms with Crippen LogP contribution in [0.2, 0.25) is 0 Å². The van der Waals surface area contributed by atoms with Crippen molar-refractivity contribution in [3.05, 3.63) is 40.9 Å². The van der Waals surface area contributed by atoms with Crippen LogP contribution in [0, 0.1) is 6.92 Å². The summed E-state index contributed by atoms with van der Waals surface area (Å²) in [5.41, 5.74) is 1.65. The van der Waals surface area contributed by atoms with Gasteiger partial charge in [-0.3, -0.25) is 4.79 Å². The van der Waals surface area contributed by atoms with Gasteiger partial charge in [0.1, 0.15) is 0 Å². The SMILES string of the molecule is C=CCN(CCC(=O)Nc1ccc(Br)cc1C)S(C)(=O)=O. The van der Waals surface area contributed by atoms with Crippen LogP contribution in [0.4, 0.5) is 5.69 Å². The third-order valence-corrected chi connectivity index (χ3v) is 4.62. The molecule has 0 saturated carbocycles. The van der Waals surface area contributed by atoms with Gasteiger partial charge in [-0.05, 0) is 30.7 Å². The number of halogens is 1. The van der Waals surface area contributed by atoms with Crippen LogP contribution >= 0.6 is 15.9 Å². The lowest BCUT2D eigenvalue weighted by molar-refractivity contribution is -0.116. The number of nitrogens with zero attached hydrogens (tertiary/aromatic N) is 1. The highest BCUT2D eigenvalue weighted by Gasteiger charge is 2.16. The Labute approximate surface area is 134 Å². The molecule has 0 aliphatic rings. The fraction of sp³-hybridized carbons (Fsp3) is 0.357. The van der Waals surface area contributed by atoms with E-state index in [0.29, 0.717) is 0 Å². The third-order valence-electron chi connectivity index (χ3n) is 2.85. The van der Waals surface area contributed by atoms with Crippen molar-refractivity contribution in [2.45, 2.75) is 13.3 Å². The first kappa shape index (κ1) is 17.9. The summed E-state index contributed by atoms with van der Waals surface area (Å²) in [6.07, 6.45) is 2.71. The number of benzene rings is 1. The number of carbonyl (C=O) groups is 1. The number of aryl methyl sites for hydroxylation is 1. The summed E-state index contributed by atoms with van der Waals surface area (Å²) >= 11 is 3.36. The minimum atomic E-state index is -3.33. The average Bonchev–Trinajstić information content (AvgIpc) is 2.36. The second-order valence-corrected chi connectivity index (χ2v) is 7.57. The lowest BCUT2D eigenvalue weighted by Gasteiger charge is -2.17. The molecule has 1 aromatic rings. The lowest BCUT2D eigenvalue weighted by Crippen LogP contribution is -2.33. The van der Waals surface area contributed by atoms with Gasteiger partial charge in [0.15, 0.2) is 0 Å². The molecule has 0 atom stereocenters. The van der Waals surface area contributed by atoms with Crippen molar-refractivity contribution in [3.8, 4) is 0 Å². The molecule has 1 aromatic carbocycles. The summed E-state index contributed by atoms with van der Waals surface area (Å²) in [5, 5.41) is 2.78. The predicted molar refractivity (Wildman–Crippen MR) is 88.7 cm³/mol. The highest BCUT2D eigenvalue weighted by Crippen LogP contribution is 2.20. The van der Waals surface area contributed by atoms with E-state index in [1.807, 2.05) is 19.1 Å². The Hall–Kier alpha value is -1.18. The zero-order valence-electron chi connectivity index (χ0n) is 12.1. The number of nitrogens with one attached hydrogen (secondary N) is 1. The van der Waals surface area contributed by atoms with Gasteiger partial charge < -0.3 is 5.32 Å². The molecular formula is C14H19BrN2O3S. The van der Waals surface area contributed by atoms with Crippen LogP contribution in [0.25, 0.3) is 0 Å². The number of hydrogen-bond donors (Lipinski definition) is 1. The maximum absolute atomic E-state index is 11.9. The second-order valence-electron chi connectivity index (χ2n) is 4.67. The Morgan fingerprint density at radius 3 is 2.67 bits per heavy atom. The summed E-state index contributed by atoms with van der Waals surface area (Å²) in [6, 6.07) is 5.54. The Kier molecular flexibility index (Phi) is 6.57. The largest absolute Gasteiger partial charge is 0.326 e. The summed E-state index contributed by atoms with van der Waals surface area (Å²) in [4.78, 5) is 11.9. The van der Waals surface area contributed by atoms with Crippen molar-refractivity contribution in [1.82, 2.24) is 4.31 Å². The standard InChI is InChI=1S/C14H19BrN2O3S/c1-4-8-17(21(3,19)20)9-7-14(18)16-13-6-5-12(15)10-11(13)2/h4-6,10H,1,7-9H2,2-3H3,(H,16,18). The quantitative estimate of drug-likeness (QED) is 0.745. The van der Waals surface area contributed by atoms with Gasteiger partial charge in [-0.15, -0.1) is 6.58 Å². The molecule has 7 heteroatoms. The van der Waals surface area contributed by atoms with Gasteiger partial charge in [-0.1, -0.05) is 22.0 Å². The fourth-order valence-electron chi connectivity index (χ4n) is 1.74. The molecule has 0 saturated heterocycles. The van der Waals surface area contributed by atoms with E-state index in [1.54, 1.807) is 6.07 Å². The molecule has 0 fully saturated rings. The van der Waals surface area contributed by atoms with E-state index < -0.39 is 10.0 Å². The van der Waals surface area contributed by atoms with Crippen molar-refractivity contribution in [1.29, 1.82) is 0 Å². The van der Waals surface area contributed by atoms with Gasteiger partial charge in [0, 0.05) is 29.7 Å². The van der Waals surface area contributed by atoms with Crippen LogP contribution in [-0.4, -0.2) is 38.0 Å². The summed E-state index contributed by atoms with van der Waals surface area (Å²) in [6.45, 7) is 5.74. The molecule has 0 aliphatic carbocycles. The predicted octanol–water partition coefficient (Wildman–Crippen LogP) is 2.53. The maximum atomic E-state index is 11.9. The molecule has 1 N–H and O–H groups in total. The van der Waals surface area contributed by atoms with Crippen LogP contribution < -0.4 is 5.32 Å². The second kappa shape index (κ2) is 7.72. The van der Waals surface area contributed by atoms with Crippen LogP contribution in [0.3, 0.4) is 0 Å². The fourth-order valence-corrected chi connectivity index (χ4v) is 3.02. The zero-order chi connectivity index (χ0) is 16.0. The molecule has 1 amide bonds. The molecule has 0 aliphatic heterocycles. The van der Waals surface area contributed by atoms with E-state index in [4.69, 9.17) is 0 Å². The highest BCUT2D eigenvalue weighted by atomic mass is 79.9. The van der Waals surface area contributed by atoms with Crippen molar-refractivity contribution in [2.75, 3.05) is 24.7 Å². The molecule has 5 nitrogen and oxygen atoms in total. The monoisotopic (exact) mass is 374 g/mol. The van der Waals surface area contributed by atoms with Crippen molar-refractivity contribution >= 4 is 37.5 Å². The lowest BCUT2D eigenvalue weighted by atomic mass is 10.2. The Balaban J connectivity index is 2.63. The Bertz CT molecular complexity index is 629. The van der Waals surface area contributed by atoms with Crippen LogP contribution in [0.15, 0.2) is 35.3 Å². The van der Waals surface area contributed by atoms with Gasteiger partial charge in [0.25, 0.3) is 0 Å². The number of carbonyl (C=O) groups excluding carboxylic acids is 1. The first-order chi connectivity index (χ1) is 9.74. The molecule has 0 spiro atoms. The number of rotatable bonds is 7. The topological polar surface area (TPSA) is 66.5 Å². The van der Waals surface area contributed by atoms with Crippen LogP contribution in [0.1, 0.15) is 12.0 Å². The van der Waals surface area contributed by atoms with E-state index in [0.717, 1.165) is 22.0 Å². The minimum Gasteiger partial charge on any atom is -0.326 e. The summed E-state index contributed by atoms with van der Waals surface area (Å²) < 4.78 is 25.2. The van der Waals surface area contributed by atoms with Crippen molar-refractivity contribution in [2.24, 2.45) is 0 Å². The first-order valence-corrected chi connectivity index (χ1v) is 9.00. The van der Waals surface area contributed by atoms with Gasteiger partial charge >= 0.3 is 0 Å². The number of hydrogen-bond acceptors (Lipinski definition) is 3. The first-order valence-electron chi connectivity index (χ1n) is 6.36. The average molecular weight is 375 g/mol. The molecule has 0 heterocycles. The molecule has 1 rings (SSSR count). The van der Waals surface area contributed by atoms with Gasteiger partial charge in [-0.2, -0.15) is 4.31 Å². The summed E-state index contributed by atoms with van der Waals surface area (Å²) in [7, 11) is -3.33. The third kappa shape index (κ3) is 5.99. The molecule has 116 valence electrons. The molecule has 0 unspecified atom stereocenters. The van der Waals surface area contributed by atoms with E-state index in [1.165, 1.54) is 10.4 Å². The highest BCUT2D eigenvalue weighted by molar-refractivity contribution is 9.10. The molecule has 0 aromatic heterocycles. The van der Waals surface area contributed by atoms with Gasteiger partial charge in [-0.25, -0.2) is 8.42 Å². The van der Waals surface area contributed by atoms with Crippen molar-refractivity contribution < 1.29 is 13.2 Å². The number of amides is 1. The summed E-state index contributed by atoms with van der Waals surface area (Å²) in [5.74, 6) is -0.224. The zero-order valence-corrected chi connectivity index (χ0v) is 14.5. The molecular weight excluding hydrogens is 356 g/mol. The minimum absolute atomic E-state index is 0.0937. The van der Waals surface area contributed by atoms with E-state index >= 15 is 0 Å². The Morgan fingerprint density at radius 2 is 2.14 bits per heavy atom. The van der Waals surface area contributed by atoms with Crippen molar-refractivity contribution in [3.63, 3.8) is 0 Å². The van der Waals surface area contributed by atoms with E-state index in [9.17, 15) is 13.2 Å². The Morgan fingerprint density at radius 1 is 1.48 bits per heavy atom. The molecule has 0 radical (unpaired) electrons. The van der Waals surface area contributed by atoms with E-state index in [-0.39, 0.29) is 25.4 Å². The smallest absolute Gasteiger partial charge is 0.225 e.